The van der Waals surface area contributed by atoms with E-state index in [-0.39, 0.29) is 17.5 Å². The van der Waals surface area contributed by atoms with Crippen LogP contribution in [0.2, 0.25) is 0 Å². The van der Waals surface area contributed by atoms with Crippen molar-refractivity contribution in [2.45, 2.75) is 98.1 Å². The first-order valence-electron chi connectivity index (χ1n) is 21.8. The summed E-state index contributed by atoms with van der Waals surface area (Å²) in [6.45, 7) is 17.2. The zero-order valence-electron chi connectivity index (χ0n) is 36.0. The van der Waals surface area contributed by atoms with Gasteiger partial charge in [-0.05, 0) is 122 Å². The third-order valence-corrected chi connectivity index (χ3v) is 13.4. The van der Waals surface area contributed by atoms with Crippen molar-refractivity contribution < 1.29 is 0 Å². The van der Waals surface area contributed by atoms with Gasteiger partial charge in [-0.2, -0.15) is 0 Å². The number of rotatable bonds is 11. The summed E-state index contributed by atoms with van der Waals surface area (Å²) in [6, 6.07) is 37.1. The Kier molecular flexibility index (Phi) is 11.3. The molecule has 0 bridgehead atoms. The molecule has 1 N–H and O–H groups in total. The molecule has 1 saturated heterocycles. The van der Waals surface area contributed by atoms with E-state index in [0.29, 0.717) is 5.92 Å². The highest BCUT2D eigenvalue weighted by Gasteiger charge is 2.46. The number of nitrogens with one attached hydrogen (secondary N) is 1. The molecule has 4 aromatic carbocycles. The Balaban J connectivity index is 1.43. The molecule has 4 aromatic rings. The van der Waals surface area contributed by atoms with Crippen LogP contribution in [-0.4, -0.2) is 30.2 Å². The lowest BCUT2D eigenvalue weighted by molar-refractivity contribution is 0.514. The fraction of sp³-hybridized carbons (Fsp3) is 0.327. The predicted octanol–water partition coefficient (Wildman–Crippen LogP) is 13.2. The van der Waals surface area contributed by atoms with Gasteiger partial charge in [0.25, 0.3) is 0 Å². The number of aryl methyl sites for hydroxylation is 2. The molecule has 0 aromatic heterocycles. The Labute approximate surface area is 348 Å². The number of benzene rings is 4. The van der Waals surface area contributed by atoms with Crippen molar-refractivity contribution in [3.63, 3.8) is 0 Å². The van der Waals surface area contributed by atoms with Crippen LogP contribution in [0.4, 0.5) is 0 Å². The summed E-state index contributed by atoms with van der Waals surface area (Å²) in [5.74, 6) is 0.669. The average Bonchev–Trinajstić information content (AvgIpc) is 3.69. The van der Waals surface area contributed by atoms with Gasteiger partial charge in [0, 0.05) is 40.9 Å². The van der Waals surface area contributed by atoms with Crippen molar-refractivity contribution in [2.24, 2.45) is 10.9 Å². The Morgan fingerprint density at radius 1 is 0.845 bits per heavy atom. The van der Waals surface area contributed by atoms with Gasteiger partial charge in [0.15, 0.2) is 0 Å². The van der Waals surface area contributed by atoms with Crippen LogP contribution in [0.3, 0.4) is 0 Å². The number of nitrogens with zero attached hydrogens (tertiary/aromatic N) is 2. The topological polar surface area (TPSA) is 27.4 Å². The normalized spacial score (nSPS) is 24.3. The van der Waals surface area contributed by atoms with Crippen molar-refractivity contribution in [1.29, 1.82) is 0 Å². The Morgan fingerprint density at radius 2 is 1.52 bits per heavy atom. The molecule has 3 nitrogen and oxygen atoms in total. The monoisotopic (exact) mass is 763 g/mol. The quantitative estimate of drug-likeness (QED) is 0.154. The Bertz CT molecular complexity index is 2380. The molecule has 1 fully saturated rings. The Morgan fingerprint density at radius 3 is 2.14 bits per heavy atom. The molecule has 8 rings (SSSR count). The zero-order valence-corrected chi connectivity index (χ0v) is 36.0. The van der Waals surface area contributed by atoms with Crippen molar-refractivity contribution in [1.82, 2.24) is 10.2 Å². The number of likely N-dealkylation sites (N-methyl/N-ethyl adjacent to an activating group) is 1. The van der Waals surface area contributed by atoms with Gasteiger partial charge in [-0.1, -0.05) is 155 Å². The maximum Gasteiger partial charge on any atom is 0.0797 e. The number of aliphatic imine (C=N–C) groups is 1. The van der Waals surface area contributed by atoms with E-state index in [4.69, 9.17) is 4.99 Å². The van der Waals surface area contributed by atoms with Gasteiger partial charge in [0.1, 0.15) is 0 Å². The highest BCUT2D eigenvalue weighted by molar-refractivity contribution is 6.14. The number of allylic oxidation sites excluding steroid dienone is 8. The van der Waals surface area contributed by atoms with Crippen molar-refractivity contribution in [2.75, 3.05) is 13.6 Å². The van der Waals surface area contributed by atoms with Gasteiger partial charge >= 0.3 is 0 Å². The smallest absolute Gasteiger partial charge is 0.0797 e. The molecular weight excluding hydrogens is 703 g/mol. The second-order valence-corrected chi connectivity index (χ2v) is 17.5. The minimum atomic E-state index is 0.0824. The van der Waals surface area contributed by atoms with Crippen molar-refractivity contribution in [3.8, 4) is 0 Å². The lowest BCUT2D eigenvalue weighted by atomic mass is 9.78. The van der Waals surface area contributed by atoms with Crippen molar-refractivity contribution >= 4 is 22.6 Å². The molecule has 1 aliphatic carbocycles. The van der Waals surface area contributed by atoms with Crippen LogP contribution >= 0.6 is 0 Å². The van der Waals surface area contributed by atoms with Crippen LogP contribution in [0, 0.1) is 12.8 Å². The van der Waals surface area contributed by atoms with Gasteiger partial charge in [-0.15, -0.1) is 0 Å². The first-order valence-corrected chi connectivity index (χ1v) is 21.8. The first kappa shape index (κ1) is 39.6. The van der Waals surface area contributed by atoms with Crippen LogP contribution < -0.4 is 5.32 Å². The Hall–Kier alpha value is -5.25. The van der Waals surface area contributed by atoms with Crippen LogP contribution in [0.15, 0.2) is 155 Å². The summed E-state index contributed by atoms with van der Waals surface area (Å²) in [6.07, 6.45) is 17.3. The fourth-order valence-corrected chi connectivity index (χ4v) is 8.93. The largest absolute Gasteiger partial charge is 0.381 e. The van der Waals surface area contributed by atoms with Gasteiger partial charge in [0.05, 0.1) is 16.9 Å². The fourth-order valence-electron chi connectivity index (χ4n) is 8.93. The van der Waals surface area contributed by atoms with Crippen LogP contribution in [-0.2, 0) is 12.0 Å². The molecule has 3 heterocycles. The molecule has 0 radical (unpaired) electrons. The van der Waals surface area contributed by atoms with Gasteiger partial charge in [0.2, 0.25) is 0 Å². The van der Waals surface area contributed by atoms with Gasteiger partial charge in [-0.3, -0.25) is 4.90 Å². The summed E-state index contributed by atoms with van der Waals surface area (Å²) in [5, 5.41) is 4.01. The molecule has 0 amide bonds. The highest BCUT2D eigenvalue weighted by Crippen LogP contribution is 2.47. The second kappa shape index (κ2) is 16.5. The summed E-state index contributed by atoms with van der Waals surface area (Å²) in [4.78, 5) is 8.17. The van der Waals surface area contributed by atoms with E-state index in [1.54, 1.807) is 0 Å². The number of hydrogen-bond donors (Lipinski definition) is 1. The van der Waals surface area contributed by atoms with E-state index in [0.717, 1.165) is 61.3 Å². The van der Waals surface area contributed by atoms with Crippen LogP contribution in [0.25, 0.3) is 16.8 Å². The highest BCUT2D eigenvalue weighted by atomic mass is 15.3. The van der Waals surface area contributed by atoms with Gasteiger partial charge in [-0.25, -0.2) is 4.99 Å². The van der Waals surface area contributed by atoms with Crippen LogP contribution in [0.5, 0.6) is 0 Å². The molecule has 0 spiro atoms. The van der Waals surface area contributed by atoms with E-state index >= 15 is 0 Å². The van der Waals surface area contributed by atoms with Crippen molar-refractivity contribution in [3.05, 3.63) is 194 Å². The third-order valence-electron chi connectivity index (χ3n) is 13.4. The van der Waals surface area contributed by atoms with E-state index < -0.39 is 0 Å². The molecule has 3 aliphatic heterocycles. The van der Waals surface area contributed by atoms with E-state index in [2.05, 4.69) is 193 Å². The van der Waals surface area contributed by atoms with Gasteiger partial charge < -0.3 is 5.32 Å². The summed E-state index contributed by atoms with van der Waals surface area (Å²) in [7, 11) is 2.22. The zero-order chi connectivity index (χ0) is 40.6. The molecule has 3 heteroatoms. The second-order valence-electron chi connectivity index (χ2n) is 17.5. The number of hydrogen-bond acceptors (Lipinski definition) is 3. The van der Waals surface area contributed by atoms with E-state index in [1.807, 2.05) is 0 Å². The summed E-state index contributed by atoms with van der Waals surface area (Å²) in [5.41, 5.74) is 19.7. The molecule has 296 valence electrons. The van der Waals surface area contributed by atoms with E-state index in [1.165, 1.54) is 66.8 Å². The summed E-state index contributed by atoms with van der Waals surface area (Å²) < 4.78 is 0. The maximum absolute atomic E-state index is 5.75. The molecule has 5 unspecified atom stereocenters. The standard InChI is InChI=1S/C55H61N3/c1-9-14-40-19-23-43(24-20-40)48-33-50(44-21-17-36(3)18-22-44)56-39(6)38(5)52(48)53(46-29-31-47(32-30-46)55(7)35-58(55)8)54-49(42-15-12-11-13-16-42)34-51(57-54)45-27-25-41(26-28-45)37(4)10-2/h12,15-34,37-39,56H,9-11,13-14,35H2,1-8H3/b54-53-. The lowest BCUT2D eigenvalue weighted by Gasteiger charge is -2.28. The molecule has 0 saturated carbocycles. The molecule has 58 heavy (non-hydrogen) atoms. The van der Waals surface area contributed by atoms with E-state index in [9.17, 15) is 0 Å². The minimum Gasteiger partial charge on any atom is -0.381 e. The molecule has 4 aliphatic rings. The predicted molar refractivity (Wildman–Crippen MR) is 248 cm³/mol. The average molecular weight is 764 g/mol. The maximum atomic E-state index is 5.75. The molecular formula is C55H61N3. The lowest BCUT2D eigenvalue weighted by Crippen LogP contribution is -2.31. The SMILES string of the molecule is CCCc1ccc(C2=C(/C(=C3\N=C(c4ccc(C(C)CC)cc4)C=C3C3=CCCC=C3)c3ccc(C4(C)CN4C)cc3)C(C)C(C)NC(c3ccc(C)cc3)=C2)cc1. The summed E-state index contributed by atoms with van der Waals surface area (Å²) >= 11 is 0. The third kappa shape index (κ3) is 7.82. The minimum absolute atomic E-state index is 0.0824. The first-order chi connectivity index (χ1) is 28.1. The molecule has 5 atom stereocenters. The van der Waals surface area contributed by atoms with Crippen LogP contribution in [0.1, 0.15) is 118 Å².